The van der Waals surface area contributed by atoms with Crippen LogP contribution in [0.3, 0.4) is 0 Å². The van der Waals surface area contributed by atoms with E-state index in [1.165, 1.54) is 17.7 Å². The fourth-order valence-corrected chi connectivity index (χ4v) is 3.39. The molecule has 4 nitrogen and oxygen atoms in total. The summed E-state index contributed by atoms with van der Waals surface area (Å²) >= 11 is 0. The number of fused-ring (bicyclic) bond motifs is 1. The van der Waals surface area contributed by atoms with Crippen LogP contribution in [0, 0.1) is 0 Å². The van der Waals surface area contributed by atoms with Crippen LogP contribution in [0.2, 0.25) is 0 Å². The third-order valence-corrected chi connectivity index (χ3v) is 4.81. The molecule has 1 aliphatic rings. The van der Waals surface area contributed by atoms with E-state index in [9.17, 15) is 22.8 Å². The van der Waals surface area contributed by atoms with Crippen LogP contribution in [0.15, 0.2) is 42.5 Å². The molecule has 1 N–H and O–H groups in total. The Balaban J connectivity index is 1.63. The number of carbonyl (C=O) groups excluding carboxylic acids is 2. The molecule has 0 aliphatic heterocycles. The van der Waals surface area contributed by atoms with E-state index in [1.807, 2.05) is 25.1 Å². The lowest BCUT2D eigenvalue weighted by atomic mass is 9.83. The number of rotatable bonds is 5. The summed E-state index contributed by atoms with van der Waals surface area (Å²) in [7, 11) is 0. The summed E-state index contributed by atoms with van der Waals surface area (Å²) in [5.74, 6) is -0.542. The maximum atomic E-state index is 12.3. The zero-order valence-corrected chi connectivity index (χ0v) is 15.3. The molecule has 1 amide bonds. The van der Waals surface area contributed by atoms with Crippen molar-refractivity contribution in [3.63, 3.8) is 0 Å². The first kappa shape index (κ1) is 19.9. The van der Waals surface area contributed by atoms with Gasteiger partial charge in [0.25, 0.3) is 5.91 Å². The first-order valence-corrected chi connectivity index (χ1v) is 8.99. The molecule has 0 saturated heterocycles. The SMILES string of the molecule is CC(CNC(=O)c1ccc(OC(F)(F)F)cc1)c1cccc2c1CC(=O)CC2. The Morgan fingerprint density at radius 2 is 1.86 bits per heavy atom. The van der Waals surface area contributed by atoms with Crippen molar-refractivity contribution in [2.45, 2.75) is 38.5 Å². The molecular weight excluding hydrogens is 371 g/mol. The molecule has 0 radical (unpaired) electrons. The predicted molar refractivity (Wildman–Crippen MR) is 97.3 cm³/mol. The van der Waals surface area contributed by atoms with Crippen molar-refractivity contribution in [1.29, 1.82) is 0 Å². The van der Waals surface area contributed by atoms with Gasteiger partial charge in [0.15, 0.2) is 0 Å². The van der Waals surface area contributed by atoms with Crippen LogP contribution in [0.25, 0.3) is 0 Å². The van der Waals surface area contributed by atoms with Gasteiger partial charge in [-0.3, -0.25) is 9.59 Å². The molecule has 0 spiro atoms. The first-order valence-electron chi connectivity index (χ1n) is 8.99. The van der Waals surface area contributed by atoms with Gasteiger partial charge in [-0.25, -0.2) is 0 Å². The summed E-state index contributed by atoms with van der Waals surface area (Å²) in [6, 6.07) is 10.7. The molecule has 0 aromatic heterocycles. The second-order valence-corrected chi connectivity index (χ2v) is 6.88. The van der Waals surface area contributed by atoms with Crippen molar-refractivity contribution >= 4 is 11.7 Å². The summed E-state index contributed by atoms with van der Waals surface area (Å²) in [6.45, 7) is 2.32. The summed E-state index contributed by atoms with van der Waals surface area (Å²) < 4.78 is 40.4. The highest BCUT2D eigenvalue weighted by Gasteiger charge is 2.31. The van der Waals surface area contributed by atoms with E-state index < -0.39 is 6.36 Å². The molecule has 0 fully saturated rings. The molecule has 0 bridgehead atoms. The second-order valence-electron chi connectivity index (χ2n) is 6.88. The lowest BCUT2D eigenvalue weighted by molar-refractivity contribution is -0.274. The molecule has 3 rings (SSSR count). The smallest absolute Gasteiger partial charge is 0.406 e. The van der Waals surface area contributed by atoms with Gasteiger partial charge < -0.3 is 10.1 Å². The molecule has 0 heterocycles. The number of alkyl halides is 3. The Kier molecular flexibility index (Phi) is 5.72. The highest BCUT2D eigenvalue weighted by molar-refractivity contribution is 5.94. The van der Waals surface area contributed by atoms with Crippen molar-refractivity contribution in [3.8, 4) is 5.75 Å². The number of ether oxygens (including phenoxy) is 1. The molecule has 2 aromatic carbocycles. The number of aryl methyl sites for hydroxylation is 1. The summed E-state index contributed by atoms with van der Waals surface area (Å²) in [5, 5.41) is 2.80. The van der Waals surface area contributed by atoms with Gasteiger partial charge in [0.05, 0.1) is 0 Å². The summed E-state index contributed by atoms with van der Waals surface area (Å²) in [4.78, 5) is 24.1. The van der Waals surface area contributed by atoms with Gasteiger partial charge in [-0.05, 0) is 53.3 Å². The minimum Gasteiger partial charge on any atom is -0.406 e. The van der Waals surface area contributed by atoms with Crippen molar-refractivity contribution in [1.82, 2.24) is 5.32 Å². The predicted octanol–water partition coefficient (Wildman–Crippen LogP) is 4.18. The Hall–Kier alpha value is -2.83. The molecule has 148 valence electrons. The van der Waals surface area contributed by atoms with Gasteiger partial charge in [0, 0.05) is 24.9 Å². The van der Waals surface area contributed by atoms with E-state index in [4.69, 9.17) is 0 Å². The number of ketones is 1. The maximum absolute atomic E-state index is 12.3. The van der Waals surface area contributed by atoms with Gasteiger partial charge in [-0.1, -0.05) is 25.1 Å². The zero-order valence-electron chi connectivity index (χ0n) is 15.3. The molecule has 1 atom stereocenters. The minimum absolute atomic E-state index is 0.00219. The summed E-state index contributed by atoms with van der Waals surface area (Å²) in [5.41, 5.74) is 3.51. The van der Waals surface area contributed by atoms with E-state index in [2.05, 4.69) is 10.1 Å². The highest BCUT2D eigenvalue weighted by atomic mass is 19.4. The van der Waals surface area contributed by atoms with Gasteiger partial charge in [-0.2, -0.15) is 0 Å². The van der Waals surface area contributed by atoms with Crippen molar-refractivity contribution in [2.24, 2.45) is 0 Å². The monoisotopic (exact) mass is 391 g/mol. The van der Waals surface area contributed by atoms with Crippen molar-refractivity contribution < 1.29 is 27.5 Å². The van der Waals surface area contributed by atoms with Gasteiger partial charge >= 0.3 is 6.36 Å². The first-order chi connectivity index (χ1) is 13.2. The normalized spacial score (nSPS) is 14.9. The number of nitrogens with one attached hydrogen (secondary N) is 1. The van der Waals surface area contributed by atoms with Crippen molar-refractivity contribution in [3.05, 3.63) is 64.7 Å². The molecule has 1 aliphatic carbocycles. The fourth-order valence-electron chi connectivity index (χ4n) is 3.39. The Morgan fingerprint density at radius 3 is 2.54 bits per heavy atom. The number of halogens is 3. The molecule has 2 aromatic rings. The summed E-state index contributed by atoms with van der Waals surface area (Å²) in [6.07, 6.45) is -3.04. The van der Waals surface area contributed by atoms with Crippen molar-refractivity contribution in [2.75, 3.05) is 6.54 Å². The van der Waals surface area contributed by atoms with Crippen LogP contribution >= 0.6 is 0 Å². The van der Waals surface area contributed by atoms with E-state index in [-0.39, 0.29) is 28.9 Å². The molecule has 1 unspecified atom stereocenters. The highest BCUT2D eigenvalue weighted by Crippen LogP contribution is 2.28. The largest absolute Gasteiger partial charge is 0.573 e. The minimum atomic E-state index is -4.77. The lowest BCUT2D eigenvalue weighted by Gasteiger charge is -2.22. The lowest BCUT2D eigenvalue weighted by Crippen LogP contribution is -2.28. The van der Waals surface area contributed by atoms with Crippen LogP contribution in [0.4, 0.5) is 13.2 Å². The average molecular weight is 391 g/mol. The topological polar surface area (TPSA) is 55.4 Å². The average Bonchev–Trinajstić information content (AvgIpc) is 2.64. The van der Waals surface area contributed by atoms with E-state index in [0.717, 1.165) is 29.7 Å². The van der Waals surface area contributed by atoms with Crippen LogP contribution in [0.1, 0.15) is 46.3 Å². The Bertz CT molecular complexity index is 875. The number of hydrogen-bond acceptors (Lipinski definition) is 3. The van der Waals surface area contributed by atoms with Crippen LogP contribution in [-0.4, -0.2) is 24.6 Å². The Morgan fingerprint density at radius 1 is 1.14 bits per heavy atom. The second kappa shape index (κ2) is 8.04. The number of benzene rings is 2. The van der Waals surface area contributed by atoms with Crippen LogP contribution < -0.4 is 10.1 Å². The number of hydrogen-bond donors (Lipinski definition) is 1. The van der Waals surface area contributed by atoms with Crippen LogP contribution in [-0.2, 0) is 17.6 Å². The van der Waals surface area contributed by atoms with Gasteiger partial charge in [0.2, 0.25) is 0 Å². The number of Topliss-reactive ketones (excluding diaryl/α,β-unsaturated/α-hetero) is 1. The molecule has 7 heteroatoms. The van der Waals surface area contributed by atoms with E-state index in [0.29, 0.717) is 19.4 Å². The number of carbonyl (C=O) groups is 2. The fraction of sp³-hybridized carbons (Fsp3) is 0.333. The molecule has 0 saturated carbocycles. The van der Waals surface area contributed by atoms with Gasteiger partial charge in [-0.15, -0.1) is 13.2 Å². The van der Waals surface area contributed by atoms with E-state index in [1.54, 1.807) is 0 Å². The molecular formula is C21H20F3NO3. The molecule has 28 heavy (non-hydrogen) atoms. The van der Waals surface area contributed by atoms with Gasteiger partial charge in [0.1, 0.15) is 11.5 Å². The number of amides is 1. The van der Waals surface area contributed by atoms with Crippen LogP contribution in [0.5, 0.6) is 5.75 Å². The maximum Gasteiger partial charge on any atom is 0.573 e. The quantitative estimate of drug-likeness (QED) is 0.832. The third kappa shape index (κ3) is 4.91. The standard InChI is InChI=1S/C21H20F3NO3/c1-13(18-4-2-3-14-5-8-16(26)11-19(14)18)12-25-20(27)15-6-9-17(10-7-15)28-21(22,23)24/h2-4,6-7,9-10,13H,5,8,11-12H2,1H3,(H,25,27). The Labute approximate surface area is 160 Å². The third-order valence-electron chi connectivity index (χ3n) is 4.81. The van der Waals surface area contributed by atoms with E-state index >= 15 is 0 Å². The zero-order chi connectivity index (χ0) is 20.3.